The molecule has 0 bridgehead atoms. The average molecular weight is 228 g/mol. The molecule has 2 N–H and O–H groups in total. The average Bonchev–Trinajstić information content (AvgIpc) is 2.78. The maximum Gasteiger partial charge on any atom is 0.221 e. The second-order valence-electron chi connectivity index (χ2n) is 4.29. The maximum absolute atomic E-state index is 11.3. The summed E-state index contributed by atoms with van der Waals surface area (Å²) in [5.41, 5.74) is 0. The molecule has 1 aliphatic heterocycles. The molecule has 0 radical (unpaired) electrons. The van der Waals surface area contributed by atoms with Gasteiger partial charge < -0.3 is 15.4 Å². The monoisotopic (exact) mass is 228 g/mol. The van der Waals surface area contributed by atoms with E-state index in [4.69, 9.17) is 4.74 Å². The Kier molecular flexibility index (Phi) is 7.17. The topological polar surface area (TPSA) is 50.4 Å². The highest BCUT2D eigenvalue weighted by Gasteiger charge is 2.14. The van der Waals surface area contributed by atoms with E-state index < -0.39 is 0 Å². The molecular weight excluding hydrogens is 204 g/mol. The van der Waals surface area contributed by atoms with Gasteiger partial charge in [0.15, 0.2) is 0 Å². The first-order chi connectivity index (χ1) is 7.83. The number of unbranched alkanes of at least 4 members (excludes halogenated alkanes) is 1. The molecule has 1 fully saturated rings. The fourth-order valence-corrected chi connectivity index (χ4v) is 1.76. The summed E-state index contributed by atoms with van der Waals surface area (Å²) in [6.07, 6.45) is 5.44. The van der Waals surface area contributed by atoms with Gasteiger partial charge in [-0.1, -0.05) is 13.3 Å². The van der Waals surface area contributed by atoms with Crippen molar-refractivity contribution in [1.82, 2.24) is 10.6 Å². The first kappa shape index (κ1) is 13.5. The van der Waals surface area contributed by atoms with Crippen LogP contribution in [-0.2, 0) is 9.53 Å². The second-order valence-corrected chi connectivity index (χ2v) is 4.29. The second kappa shape index (κ2) is 8.53. The van der Waals surface area contributed by atoms with Crippen LogP contribution in [0.3, 0.4) is 0 Å². The Morgan fingerprint density at radius 3 is 3.00 bits per heavy atom. The van der Waals surface area contributed by atoms with Crippen molar-refractivity contribution < 1.29 is 9.53 Å². The summed E-state index contributed by atoms with van der Waals surface area (Å²) in [5, 5.41) is 6.16. The molecule has 0 aromatic heterocycles. The van der Waals surface area contributed by atoms with Gasteiger partial charge in [0.05, 0.1) is 6.10 Å². The molecule has 0 aliphatic carbocycles. The number of hydrogen-bond acceptors (Lipinski definition) is 3. The summed E-state index contributed by atoms with van der Waals surface area (Å²) in [7, 11) is 0. The van der Waals surface area contributed by atoms with Crippen LogP contribution in [-0.4, -0.2) is 38.3 Å². The minimum Gasteiger partial charge on any atom is -0.377 e. The minimum absolute atomic E-state index is 0.147. The van der Waals surface area contributed by atoms with Crippen LogP contribution in [0, 0.1) is 0 Å². The van der Waals surface area contributed by atoms with Gasteiger partial charge in [-0.3, -0.25) is 4.79 Å². The summed E-state index contributed by atoms with van der Waals surface area (Å²) in [6, 6.07) is 0. The molecule has 0 aromatic rings. The third kappa shape index (κ3) is 6.08. The molecule has 1 unspecified atom stereocenters. The lowest BCUT2D eigenvalue weighted by Crippen LogP contribution is -2.31. The summed E-state index contributed by atoms with van der Waals surface area (Å²) < 4.78 is 5.48. The first-order valence-electron chi connectivity index (χ1n) is 6.42. The summed E-state index contributed by atoms with van der Waals surface area (Å²) in [6.45, 7) is 5.44. The van der Waals surface area contributed by atoms with Crippen molar-refractivity contribution in [3.63, 3.8) is 0 Å². The highest BCUT2D eigenvalue weighted by atomic mass is 16.5. The van der Waals surface area contributed by atoms with Crippen LogP contribution in [0.5, 0.6) is 0 Å². The Labute approximate surface area is 98.1 Å². The molecule has 0 saturated carbocycles. The van der Waals surface area contributed by atoms with Gasteiger partial charge in [0.1, 0.15) is 0 Å². The van der Waals surface area contributed by atoms with Gasteiger partial charge >= 0.3 is 0 Å². The largest absolute Gasteiger partial charge is 0.377 e. The molecule has 1 aliphatic rings. The van der Waals surface area contributed by atoms with Gasteiger partial charge in [-0.05, 0) is 19.3 Å². The van der Waals surface area contributed by atoms with E-state index in [0.29, 0.717) is 12.5 Å². The zero-order valence-electron chi connectivity index (χ0n) is 10.3. The highest BCUT2D eigenvalue weighted by molar-refractivity contribution is 5.75. The quantitative estimate of drug-likeness (QED) is 0.611. The molecule has 4 heteroatoms. The van der Waals surface area contributed by atoms with E-state index in [9.17, 15) is 4.79 Å². The van der Waals surface area contributed by atoms with E-state index >= 15 is 0 Å². The first-order valence-corrected chi connectivity index (χ1v) is 6.42. The number of nitrogens with one attached hydrogen (secondary N) is 2. The Hall–Kier alpha value is -0.610. The molecule has 1 rings (SSSR count). The van der Waals surface area contributed by atoms with Crippen molar-refractivity contribution in [1.29, 1.82) is 0 Å². The van der Waals surface area contributed by atoms with Crippen LogP contribution < -0.4 is 10.6 Å². The predicted octanol–water partition coefficient (Wildman–Crippen LogP) is 1.06. The summed E-state index contributed by atoms with van der Waals surface area (Å²) in [5.74, 6) is 0.147. The van der Waals surface area contributed by atoms with E-state index in [2.05, 4.69) is 17.6 Å². The van der Waals surface area contributed by atoms with Crippen molar-refractivity contribution in [3.8, 4) is 0 Å². The molecule has 1 amide bonds. The summed E-state index contributed by atoms with van der Waals surface area (Å²) >= 11 is 0. The molecule has 16 heavy (non-hydrogen) atoms. The Balaban J connectivity index is 1.87. The van der Waals surface area contributed by atoms with Gasteiger partial charge in [-0.25, -0.2) is 0 Å². The number of rotatable bonds is 8. The Bertz CT molecular complexity index is 191. The molecule has 4 nitrogen and oxygen atoms in total. The van der Waals surface area contributed by atoms with Crippen LogP contribution in [0.1, 0.15) is 39.0 Å². The van der Waals surface area contributed by atoms with Gasteiger partial charge in [-0.15, -0.1) is 0 Å². The van der Waals surface area contributed by atoms with Crippen LogP contribution in [0.15, 0.2) is 0 Å². The van der Waals surface area contributed by atoms with Crippen molar-refractivity contribution in [3.05, 3.63) is 0 Å². The normalized spacial score (nSPS) is 19.9. The molecule has 0 spiro atoms. The SMILES string of the molecule is CCCCNC(=O)CCNCC1CCCO1. The number of carbonyl (C=O) groups is 1. The zero-order chi connectivity index (χ0) is 11.6. The number of amides is 1. The van der Waals surface area contributed by atoms with Crippen LogP contribution >= 0.6 is 0 Å². The third-order valence-corrected chi connectivity index (χ3v) is 2.78. The molecule has 1 heterocycles. The Morgan fingerprint density at radius 1 is 1.44 bits per heavy atom. The van der Waals surface area contributed by atoms with Crippen LogP contribution in [0.2, 0.25) is 0 Å². The lowest BCUT2D eigenvalue weighted by atomic mass is 10.2. The maximum atomic E-state index is 11.3. The molecule has 0 aromatic carbocycles. The highest BCUT2D eigenvalue weighted by Crippen LogP contribution is 2.10. The van der Waals surface area contributed by atoms with Crippen molar-refractivity contribution in [2.45, 2.75) is 45.1 Å². The van der Waals surface area contributed by atoms with Gasteiger partial charge in [0.25, 0.3) is 0 Å². The Morgan fingerprint density at radius 2 is 2.31 bits per heavy atom. The van der Waals surface area contributed by atoms with Crippen molar-refractivity contribution in [2.75, 3.05) is 26.2 Å². The molecule has 1 saturated heterocycles. The van der Waals surface area contributed by atoms with Crippen LogP contribution in [0.25, 0.3) is 0 Å². The zero-order valence-corrected chi connectivity index (χ0v) is 10.3. The van der Waals surface area contributed by atoms with Gasteiger partial charge in [0.2, 0.25) is 5.91 Å². The van der Waals surface area contributed by atoms with E-state index in [-0.39, 0.29) is 5.91 Å². The number of carbonyl (C=O) groups excluding carboxylic acids is 1. The predicted molar refractivity (Wildman–Crippen MR) is 64.4 cm³/mol. The smallest absolute Gasteiger partial charge is 0.221 e. The van der Waals surface area contributed by atoms with Gasteiger partial charge in [0, 0.05) is 32.7 Å². The van der Waals surface area contributed by atoms with E-state index in [1.165, 1.54) is 6.42 Å². The van der Waals surface area contributed by atoms with Gasteiger partial charge in [-0.2, -0.15) is 0 Å². The van der Waals surface area contributed by atoms with Crippen molar-refractivity contribution in [2.24, 2.45) is 0 Å². The van der Waals surface area contributed by atoms with E-state index in [1.807, 2.05) is 0 Å². The lowest BCUT2D eigenvalue weighted by Gasteiger charge is -2.10. The van der Waals surface area contributed by atoms with Crippen molar-refractivity contribution >= 4 is 5.91 Å². The fraction of sp³-hybridized carbons (Fsp3) is 0.917. The third-order valence-electron chi connectivity index (χ3n) is 2.78. The fourth-order valence-electron chi connectivity index (χ4n) is 1.76. The molecular formula is C12H24N2O2. The van der Waals surface area contributed by atoms with E-state index in [0.717, 1.165) is 45.5 Å². The standard InChI is InChI=1S/C12H24N2O2/c1-2-3-7-14-12(15)6-8-13-10-11-5-4-9-16-11/h11,13H,2-10H2,1H3,(H,14,15). The van der Waals surface area contributed by atoms with Crippen LogP contribution in [0.4, 0.5) is 0 Å². The number of hydrogen-bond donors (Lipinski definition) is 2. The molecule has 94 valence electrons. The summed E-state index contributed by atoms with van der Waals surface area (Å²) in [4.78, 5) is 11.3. The minimum atomic E-state index is 0.147. The number of ether oxygens (including phenoxy) is 1. The lowest BCUT2D eigenvalue weighted by molar-refractivity contribution is -0.121. The molecule has 1 atom stereocenters. The van der Waals surface area contributed by atoms with E-state index in [1.54, 1.807) is 0 Å².